The molecule has 0 saturated heterocycles. The Kier molecular flexibility index (Phi) is 7.92. The number of carbonyl (C=O) groups is 3. The van der Waals surface area contributed by atoms with Crippen LogP contribution >= 0.6 is 0 Å². The van der Waals surface area contributed by atoms with E-state index in [1.54, 1.807) is 45.0 Å². The van der Waals surface area contributed by atoms with E-state index in [4.69, 9.17) is 9.47 Å². The van der Waals surface area contributed by atoms with Gasteiger partial charge in [-0.3, -0.25) is 14.9 Å². The van der Waals surface area contributed by atoms with Crippen molar-refractivity contribution in [1.29, 1.82) is 0 Å². The number of rotatable bonds is 9. The average Bonchev–Trinajstić information content (AvgIpc) is 3.56. The fraction of sp³-hybridized carbons (Fsp3) is 0.400. The highest BCUT2D eigenvalue weighted by Crippen LogP contribution is 2.18. The van der Waals surface area contributed by atoms with E-state index in [1.807, 2.05) is 24.3 Å². The molecule has 0 atom stereocenters. The standard InChI is InChI=1S/C25H31N3O5/c1-25(2,3)33-24(31)28-20-6-4-5-18(15-20)23(30)26-14-13-17-7-11-21(12-8-17)32-16-22(29)27-19-9-10-19/h4-8,11-12,15,19H,9-10,13-14,16H2,1-3H3,(H,26,30)(H,27,29)(H,28,31). The summed E-state index contributed by atoms with van der Waals surface area (Å²) in [5.74, 6) is 0.294. The molecule has 3 N–H and O–H groups in total. The van der Waals surface area contributed by atoms with Crippen molar-refractivity contribution >= 4 is 23.6 Å². The third-order valence-electron chi connectivity index (χ3n) is 4.71. The van der Waals surface area contributed by atoms with Gasteiger partial charge >= 0.3 is 6.09 Å². The molecular weight excluding hydrogens is 422 g/mol. The second-order valence-corrected chi connectivity index (χ2v) is 8.99. The quantitative estimate of drug-likeness (QED) is 0.537. The lowest BCUT2D eigenvalue weighted by molar-refractivity contribution is -0.123. The summed E-state index contributed by atoms with van der Waals surface area (Å²) in [4.78, 5) is 36.1. The van der Waals surface area contributed by atoms with Crippen molar-refractivity contribution < 1.29 is 23.9 Å². The molecule has 0 spiro atoms. The van der Waals surface area contributed by atoms with Gasteiger partial charge in [0, 0.05) is 23.8 Å². The summed E-state index contributed by atoms with van der Waals surface area (Å²) in [5, 5.41) is 8.39. The fourth-order valence-electron chi connectivity index (χ4n) is 2.98. The van der Waals surface area contributed by atoms with E-state index in [0.717, 1.165) is 18.4 Å². The van der Waals surface area contributed by atoms with E-state index in [-0.39, 0.29) is 18.4 Å². The van der Waals surface area contributed by atoms with Crippen LogP contribution in [0, 0.1) is 0 Å². The van der Waals surface area contributed by atoms with Crippen molar-refractivity contribution in [2.45, 2.75) is 51.7 Å². The maximum Gasteiger partial charge on any atom is 0.412 e. The van der Waals surface area contributed by atoms with E-state index in [9.17, 15) is 14.4 Å². The zero-order valence-electron chi connectivity index (χ0n) is 19.3. The van der Waals surface area contributed by atoms with Gasteiger partial charge in [0.25, 0.3) is 11.8 Å². The molecule has 3 amide bonds. The molecule has 176 valence electrons. The first-order valence-corrected chi connectivity index (χ1v) is 11.1. The van der Waals surface area contributed by atoms with Crippen LogP contribution < -0.4 is 20.7 Å². The number of ether oxygens (including phenoxy) is 2. The topological polar surface area (TPSA) is 106 Å². The first-order chi connectivity index (χ1) is 15.7. The highest BCUT2D eigenvalue weighted by Gasteiger charge is 2.23. The summed E-state index contributed by atoms with van der Waals surface area (Å²) in [6.45, 7) is 5.81. The molecular formula is C25H31N3O5. The lowest BCUT2D eigenvalue weighted by Gasteiger charge is -2.19. The van der Waals surface area contributed by atoms with Crippen molar-refractivity contribution in [3.63, 3.8) is 0 Å². The predicted octanol–water partition coefficient (Wildman–Crippen LogP) is 3.66. The smallest absolute Gasteiger partial charge is 0.412 e. The minimum absolute atomic E-state index is 0.00769. The van der Waals surface area contributed by atoms with Gasteiger partial charge in [0.05, 0.1) is 0 Å². The van der Waals surface area contributed by atoms with Crippen LogP contribution in [0.1, 0.15) is 49.5 Å². The lowest BCUT2D eigenvalue weighted by atomic mass is 10.1. The highest BCUT2D eigenvalue weighted by atomic mass is 16.6. The van der Waals surface area contributed by atoms with Crippen LogP contribution in [0.5, 0.6) is 5.75 Å². The van der Waals surface area contributed by atoms with Gasteiger partial charge in [-0.05, 0) is 75.9 Å². The number of hydrogen-bond acceptors (Lipinski definition) is 5. The number of nitrogens with one attached hydrogen (secondary N) is 3. The molecule has 0 unspecified atom stereocenters. The number of benzene rings is 2. The van der Waals surface area contributed by atoms with E-state index >= 15 is 0 Å². The molecule has 0 aromatic heterocycles. The molecule has 8 heteroatoms. The molecule has 0 bridgehead atoms. The molecule has 2 aromatic carbocycles. The molecule has 0 aliphatic heterocycles. The molecule has 2 aromatic rings. The molecule has 1 aliphatic rings. The molecule has 1 aliphatic carbocycles. The Balaban J connectivity index is 1.41. The highest BCUT2D eigenvalue weighted by molar-refractivity contribution is 5.96. The van der Waals surface area contributed by atoms with Gasteiger partial charge in [0.1, 0.15) is 11.4 Å². The minimum Gasteiger partial charge on any atom is -0.484 e. The summed E-state index contributed by atoms with van der Waals surface area (Å²) in [6, 6.07) is 14.4. The third-order valence-corrected chi connectivity index (χ3v) is 4.71. The van der Waals surface area contributed by atoms with Crippen molar-refractivity contribution in [3.05, 3.63) is 59.7 Å². The zero-order chi connectivity index (χ0) is 23.8. The van der Waals surface area contributed by atoms with Crippen LogP contribution in [0.15, 0.2) is 48.5 Å². The van der Waals surface area contributed by atoms with Crippen LogP contribution in [0.4, 0.5) is 10.5 Å². The Morgan fingerprint density at radius 3 is 2.42 bits per heavy atom. The molecule has 0 radical (unpaired) electrons. The summed E-state index contributed by atoms with van der Waals surface area (Å²) in [6.07, 6.45) is 2.16. The molecule has 1 saturated carbocycles. The second-order valence-electron chi connectivity index (χ2n) is 8.99. The van der Waals surface area contributed by atoms with Gasteiger partial charge < -0.3 is 20.1 Å². The van der Waals surface area contributed by atoms with Gasteiger partial charge in [-0.15, -0.1) is 0 Å². The molecule has 3 rings (SSSR count). The fourth-order valence-corrected chi connectivity index (χ4v) is 2.98. The summed E-state index contributed by atoms with van der Waals surface area (Å²) in [7, 11) is 0. The van der Waals surface area contributed by atoms with E-state index in [0.29, 0.717) is 36.0 Å². The van der Waals surface area contributed by atoms with Gasteiger partial charge in [-0.1, -0.05) is 18.2 Å². The SMILES string of the molecule is CC(C)(C)OC(=O)Nc1cccc(C(=O)NCCc2ccc(OCC(=O)NC3CC3)cc2)c1. The van der Waals surface area contributed by atoms with Gasteiger partial charge in [0.2, 0.25) is 0 Å². The maximum atomic E-state index is 12.5. The van der Waals surface area contributed by atoms with Crippen molar-refractivity contribution in [1.82, 2.24) is 10.6 Å². The normalized spacial score (nSPS) is 13.1. The third kappa shape index (κ3) is 8.84. The van der Waals surface area contributed by atoms with Crippen LogP contribution in [0.2, 0.25) is 0 Å². The predicted molar refractivity (Wildman–Crippen MR) is 125 cm³/mol. The first-order valence-electron chi connectivity index (χ1n) is 11.1. The van der Waals surface area contributed by atoms with Crippen LogP contribution in [-0.4, -0.2) is 42.7 Å². The number of hydrogen-bond donors (Lipinski definition) is 3. The lowest BCUT2D eigenvalue weighted by Crippen LogP contribution is -2.30. The Bertz CT molecular complexity index is 978. The monoisotopic (exact) mass is 453 g/mol. The Hall–Kier alpha value is -3.55. The van der Waals surface area contributed by atoms with E-state index < -0.39 is 11.7 Å². The Labute approximate surface area is 194 Å². The van der Waals surface area contributed by atoms with Crippen LogP contribution in [0.3, 0.4) is 0 Å². The summed E-state index contributed by atoms with van der Waals surface area (Å²) in [5.41, 5.74) is 1.36. The zero-order valence-corrected chi connectivity index (χ0v) is 19.3. The number of amides is 3. The number of carbonyl (C=O) groups excluding carboxylic acids is 3. The minimum atomic E-state index is -0.603. The Morgan fingerprint density at radius 2 is 1.76 bits per heavy atom. The molecule has 0 heterocycles. The van der Waals surface area contributed by atoms with Gasteiger partial charge in [0.15, 0.2) is 6.61 Å². The van der Waals surface area contributed by atoms with Crippen molar-refractivity contribution in [2.75, 3.05) is 18.5 Å². The summed E-state index contributed by atoms with van der Waals surface area (Å²) < 4.78 is 10.7. The van der Waals surface area contributed by atoms with Gasteiger partial charge in [-0.25, -0.2) is 4.79 Å². The molecule has 33 heavy (non-hydrogen) atoms. The summed E-state index contributed by atoms with van der Waals surface area (Å²) >= 11 is 0. The Morgan fingerprint density at radius 1 is 1.03 bits per heavy atom. The van der Waals surface area contributed by atoms with Crippen molar-refractivity contribution in [2.24, 2.45) is 0 Å². The number of anilines is 1. The first kappa shape index (κ1) is 24.1. The second kappa shape index (κ2) is 10.8. The largest absolute Gasteiger partial charge is 0.484 e. The van der Waals surface area contributed by atoms with Crippen LogP contribution in [-0.2, 0) is 16.0 Å². The average molecular weight is 454 g/mol. The van der Waals surface area contributed by atoms with E-state index in [2.05, 4.69) is 16.0 Å². The van der Waals surface area contributed by atoms with Gasteiger partial charge in [-0.2, -0.15) is 0 Å². The van der Waals surface area contributed by atoms with Crippen molar-refractivity contribution in [3.8, 4) is 5.75 Å². The molecule has 1 fully saturated rings. The molecule has 8 nitrogen and oxygen atoms in total. The van der Waals surface area contributed by atoms with Crippen LogP contribution in [0.25, 0.3) is 0 Å². The maximum absolute atomic E-state index is 12.5. The van der Waals surface area contributed by atoms with E-state index in [1.165, 1.54) is 0 Å².